The van der Waals surface area contributed by atoms with Gasteiger partial charge in [0.1, 0.15) is 11.5 Å². The largest absolute Gasteiger partial charge is 0.394 e. The minimum absolute atomic E-state index is 0.270. The van der Waals surface area contributed by atoms with Crippen molar-refractivity contribution in [2.75, 3.05) is 18.5 Å². The highest BCUT2D eigenvalue weighted by Crippen LogP contribution is 2.20. The Balaban J connectivity index is 2.80. The molecule has 0 spiro atoms. The maximum Gasteiger partial charge on any atom is 0.184 e. The number of halogens is 3. The van der Waals surface area contributed by atoms with Crippen LogP contribution in [0.1, 0.15) is 0 Å². The molecule has 15 heavy (non-hydrogen) atoms. The first-order chi connectivity index (χ1) is 7.06. The van der Waals surface area contributed by atoms with Gasteiger partial charge in [0.05, 0.1) is 12.7 Å². The van der Waals surface area contributed by atoms with Crippen molar-refractivity contribution in [3.05, 3.63) is 29.6 Å². The first kappa shape index (κ1) is 11.8. The molecule has 1 aromatic rings. The fourth-order valence-electron chi connectivity index (χ4n) is 0.974. The summed E-state index contributed by atoms with van der Waals surface area (Å²) < 4.78 is 38.6. The van der Waals surface area contributed by atoms with Gasteiger partial charge in [0, 0.05) is 6.54 Å². The van der Waals surface area contributed by atoms with Crippen LogP contribution in [-0.4, -0.2) is 29.5 Å². The quantitative estimate of drug-likeness (QED) is 0.661. The van der Waals surface area contributed by atoms with Gasteiger partial charge in [0.15, 0.2) is 11.6 Å². The molecule has 3 nitrogen and oxygen atoms in total. The van der Waals surface area contributed by atoms with E-state index in [1.165, 1.54) is 0 Å². The number of aliphatic hydroxyl groups excluding tert-OH is 2. The number of nitrogens with one attached hydrogen (secondary N) is 1. The van der Waals surface area contributed by atoms with E-state index in [-0.39, 0.29) is 6.54 Å². The number of rotatable bonds is 4. The summed E-state index contributed by atoms with van der Waals surface area (Å²) in [6.45, 7) is -0.820. The first-order valence-corrected chi connectivity index (χ1v) is 4.22. The van der Waals surface area contributed by atoms with E-state index in [9.17, 15) is 13.2 Å². The summed E-state index contributed by atoms with van der Waals surface area (Å²) in [7, 11) is 0. The van der Waals surface area contributed by atoms with Crippen molar-refractivity contribution in [2.45, 2.75) is 6.10 Å². The van der Waals surface area contributed by atoms with E-state index in [0.717, 1.165) is 6.07 Å². The van der Waals surface area contributed by atoms with Crippen LogP contribution in [0.2, 0.25) is 0 Å². The van der Waals surface area contributed by atoms with Gasteiger partial charge >= 0.3 is 0 Å². The molecular formula is C9H10F3NO2. The zero-order valence-corrected chi connectivity index (χ0v) is 7.67. The van der Waals surface area contributed by atoms with Crippen molar-refractivity contribution >= 4 is 5.69 Å². The van der Waals surface area contributed by atoms with Crippen LogP contribution in [0.4, 0.5) is 18.9 Å². The van der Waals surface area contributed by atoms with Crippen molar-refractivity contribution in [1.29, 1.82) is 0 Å². The Morgan fingerprint density at radius 1 is 1.20 bits per heavy atom. The molecule has 3 N–H and O–H groups in total. The second kappa shape index (κ2) is 4.99. The Morgan fingerprint density at radius 3 is 2.40 bits per heavy atom. The third-order valence-corrected chi connectivity index (χ3v) is 1.77. The van der Waals surface area contributed by atoms with Crippen LogP contribution in [0.5, 0.6) is 0 Å². The smallest absolute Gasteiger partial charge is 0.184 e. The summed E-state index contributed by atoms with van der Waals surface area (Å²) in [5, 5.41) is 19.5. The van der Waals surface area contributed by atoms with E-state index in [2.05, 4.69) is 5.32 Å². The molecule has 0 radical (unpaired) electrons. The lowest BCUT2D eigenvalue weighted by Crippen LogP contribution is -2.24. The first-order valence-electron chi connectivity index (χ1n) is 4.22. The van der Waals surface area contributed by atoms with Crippen LogP contribution in [-0.2, 0) is 0 Å². The van der Waals surface area contributed by atoms with Crippen LogP contribution in [0, 0.1) is 17.5 Å². The van der Waals surface area contributed by atoms with Crippen LogP contribution in [0.3, 0.4) is 0 Å². The van der Waals surface area contributed by atoms with E-state index in [1.54, 1.807) is 0 Å². The van der Waals surface area contributed by atoms with E-state index in [4.69, 9.17) is 10.2 Å². The van der Waals surface area contributed by atoms with Crippen molar-refractivity contribution in [3.63, 3.8) is 0 Å². The Bertz CT molecular complexity index is 346. The third-order valence-electron chi connectivity index (χ3n) is 1.77. The van der Waals surface area contributed by atoms with Crippen molar-refractivity contribution in [1.82, 2.24) is 0 Å². The maximum absolute atomic E-state index is 13.0. The molecule has 0 saturated heterocycles. The molecule has 0 saturated carbocycles. The van der Waals surface area contributed by atoms with Gasteiger partial charge in [-0.3, -0.25) is 0 Å². The number of aliphatic hydroxyl groups is 2. The molecule has 0 amide bonds. The highest BCUT2D eigenvalue weighted by molar-refractivity contribution is 5.46. The minimum atomic E-state index is -1.35. The highest BCUT2D eigenvalue weighted by Gasteiger charge is 2.14. The summed E-state index contributed by atoms with van der Waals surface area (Å²) in [6, 6.07) is 1.43. The number of hydrogen-bond acceptors (Lipinski definition) is 3. The lowest BCUT2D eigenvalue weighted by atomic mass is 10.2. The Morgan fingerprint density at radius 2 is 1.80 bits per heavy atom. The van der Waals surface area contributed by atoms with E-state index >= 15 is 0 Å². The van der Waals surface area contributed by atoms with Crippen LogP contribution in [0.15, 0.2) is 12.1 Å². The fraction of sp³-hybridized carbons (Fsp3) is 0.333. The summed E-state index contributed by atoms with van der Waals surface area (Å²) >= 11 is 0. The SMILES string of the molecule is OCC(O)CNc1c(F)ccc(F)c1F. The Hall–Kier alpha value is -1.27. The summed E-state index contributed by atoms with van der Waals surface area (Å²) in [5.74, 6) is -3.49. The summed E-state index contributed by atoms with van der Waals surface area (Å²) in [5.41, 5.74) is -0.650. The van der Waals surface area contributed by atoms with Gasteiger partial charge in [-0.25, -0.2) is 13.2 Å². The van der Waals surface area contributed by atoms with Crippen LogP contribution in [0.25, 0.3) is 0 Å². The van der Waals surface area contributed by atoms with Crippen LogP contribution >= 0.6 is 0 Å². The summed E-state index contributed by atoms with van der Waals surface area (Å²) in [4.78, 5) is 0. The lowest BCUT2D eigenvalue weighted by molar-refractivity contribution is 0.105. The molecule has 84 valence electrons. The molecular weight excluding hydrogens is 211 g/mol. The number of benzene rings is 1. The number of hydrogen-bond donors (Lipinski definition) is 3. The molecule has 1 rings (SSSR count). The molecule has 0 fully saturated rings. The maximum atomic E-state index is 13.0. The molecule has 0 aliphatic heterocycles. The topological polar surface area (TPSA) is 52.5 Å². The van der Waals surface area contributed by atoms with Gasteiger partial charge in [-0.15, -0.1) is 0 Å². The fourth-order valence-corrected chi connectivity index (χ4v) is 0.974. The van der Waals surface area contributed by atoms with Crippen molar-refractivity contribution in [2.24, 2.45) is 0 Å². The monoisotopic (exact) mass is 221 g/mol. The predicted molar refractivity (Wildman–Crippen MR) is 47.9 cm³/mol. The normalized spacial score (nSPS) is 12.6. The molecule has 6 heteroatoms. The van der Waals surface area contributed by atoms with Gasteiger partial charge in [-0.1, -0.05) is 0 Å². The van der Waals surface area contributed by atoms with Crippen LogP contribution < -0.4 is 5.32 Å². The zero-order valence-electron chi connectivity index (χ0n) is 7.67. The van der Waals surface area contributed by atoms with E-state index < -0.39 is 35.8 Å². The second-order valence-electron chi connectivity index (χ2n) is 2.94. The highest BCUT2D eigenvalue weighted by atomic mass is 19.2. The molecule has 1 aromatic carbocycles. The molecule has 1 unspecified atom stereocenters. The predicted octanol–water partition coefficient (Wildman–Crippen LogP) is 0.869. The Kier molecular flexibility index (Phi) is 3.93. The minimum Gasteiger partial charge on any atom is -0.394 e. The molecule has 0 aromatic heterocycles. The molecule has 0 aliphatic carbocycles. The van der Waals surface area contributed by atoms with E-state index in [1.807, 2.05) is 0 Å². The standard InChI is InChI=1S/C9H10F3NO2/c10-6-1-2-7(11)9(8(6)12)13-3-5(15)4-14/h1-2,5,13-15H,3-4H2. The zero-order chi connectivity index (χ0) is 11.4. The summed E-state index contributed by atoms with van der Waals surface area (Å²) in [6.07, 6.45) is -1.16. The van der Waals surface area contributed by atoms with Gasteiger partial charge in [-0.05, 0) is 12.1 Å². The lowest BCUT2D eigenvalue weighted by Gasteiger charge is -2.11. The van der Waals surface area contributed by atoms with Gasteiger partial charge in [0.25, 0.3) is 0 Å². The van der Waals surface area contributed by atoms with Crippen molar-refractivity contribution in [3.8, 4) is 0 Å². The Labute approximate surface area is 84.2 Å². The molecule has 0 aliphatic rings. The second-order valence-corrected chi connectivity index (χ2v) is 2.94. The van der Waals surface area contributed by atoms with Gasteiger partial charge in [0.2, 0.25) is 0 Å². The molecule has 0 heterocycles. The number of anilines is 1. The van der Waals surface area contributed by atoms with Crippen molar-refractivity contribution < 1.29 is 23.4 Å². The van der Waals surface area contributed by atoms with Gasteiger partial charge in [-0.2, -0.15) is 0 Å². The average molecular weight is 221 g/mol. The van der Waals surface area contributed by atoms with E-state index in [0.29, 0.717) is 6.07 Å². The molecule has 0 bridgehead atoms. The molecule has 1 atom stereocenters. The third kappa shape index (κ3) is 2.84. The van der Waals surface area contributed by atoms with Gasteiger partial charge < -0.3 is 15.5 Å². The average Bonchev–Trinajstić information content (AvgIpc) is 2.23.